The largest absolute Gasteiger partial charge is 0.469 e. The number of fused-ring (bicyclic) bond motifs is 6. The van der Waals surface area contributed by atoms with Crippen LogP contribution < -0.4 is 16.0 Å². The molecule has 2 unspecified atom stereocenters. The van der Waals surface area contributed by atoms with Crippen molar-refractivity contribution in [3.8, 4) is 0 Å². The second kappa shape index (κ2) is 16.2. The summed E-state index contributed by atoms with van der Waals surface area (Å²) in [4.78, 5) is 44.4. The Bertz CT molecular complexity index is 2940. The van der Waals surface area contributed by atoms with E-state index in [1.807, 2.05) is 67.7 Å². The number of likely N-dealkylation sites (tertiary alicyclic amines) is 1. The Labute approximate surface area is 360 Å². The highest BCUT2D eigenvalue weighted by Crippen LogP contribution is 2.44. The predicted molar refractivity (Wildman–Crippen MR) is 244 cm³/mol. The quantitative estimate of drug-likeness (QED) is 0.184. The van der Waals surface area contributed by atoms with Gasteiger partial charge in [-0.05, 0) is 71.3 Å². The Morgan fingerprint density at radius 1 is 0.645 bits per heavy atom. The number of nitrogens with one attached hydrogen (secondary N) is 2. The molecule has 306 valence electrons. The van der Waals surface area contributed by atoms with Gasteiger partial charge in [0, 0.05) is 51.3 Å². The van der Waals surface area contributed by atoms with Crippen LogP contribution in [0.15, 0.2) is 191 Å². The van der Waals surface area contributed by atoms with E-state index in [-0.39, 0.29) is 6.04 Å². The number of methoxy groups -OCH3 is 2. The molecule has 1 fully saturated rings. The highest BCUT2D eigenvalue weighted by molar-refractivity contribution is 6.31. The number of allylic oxidation sites excluding steroid dienone is 4. The monoisotopic (exact) mass is 815 g/mol. The Morgan fingerprint density at radius 2 is 1.19 bits per heavy atom. The zero-order valence-electron chi connectivity index (χ0n) is 34.7. The lowest BCUT2D eigenvalue weighted by Crippen LogP contribution is -2.42. The van der Waals surface area contributed by atoms with E-state index in [0.29, 0.717) is 6.54 Å². The Kier molecular flexibility index (Phi) is 10.2. The number of benzene rings is 4. The van der Waals surface area contributed by atoms with Gasteiger partial charge < -0.3 is 19.8 Å². The van der Waals surface area contributed by atoms with Gasteiger partial charge in [-0.15, -0.1) is 0 Å². The molecule has 4 aromatic carbocycles. The Balaban J connectivity index is 1.31. The van der Waals surface area contributed by atoms with E-state index in [4.69, 9.17) is 19.5 Å². The van der Waals surface area contributed by atoms with E-state index in [1.54, 1.807) is 0 Å². The van der Waals surface area contributed by atoms with Crippen LogP contribution in [0.5, 0.6) is 0 Å². The highest BCUT2D eigenvalue weighted by atomic mass is 16.5. The molecule has 5 aliphatic heterocycles. The van der Waals surface area contributed by atoms with Crippen molar-refractivity contribution >= 4 is 45.7 Å². The molecule has 0 amide bonds. The maximum atomic E-state index is 14.0. The molecule has 10 rings (SSSR count). The second-order valence-corrected chi connectivity index (χ2v) is 16.1. The van der Waals surface area contributed by atoms with E-state index < -0.39 is 35.9 Å². The predicted octanol–water partition coefficient (Wildman–Crippen LogP) is 6.43. The van der Waals surface area contributed by atoms with Gasteiger partial charge in [0.1, 0.15) is 0 Å². The SMILES string of the molecule is COC(=O)[C@@H]1[C@@H](C(=O)OC)CN(C)[C@@H]1C1=C/C2=C(\c3ccccc3)C3C=CC(=N3)/C(c3ccccc3)=c3/cc/c([nH]3)=C(\c3ccccc3)C3=N/C(=C(/c4ccccc4)C1N2)C=C3. The third-order valence-corrected chi connectivity index (χ3v) is 12.5. The molecule has 8 bridgehead atoms. The van der Waals surface area contributed by atoms with Crippen LogP contribution in [-0.2, 0) is 19.1 Å². The van der Waals surface area contributed by atoms with Crippen LogP contribution in [-0.4, -0.2) is 79.2 Å². The van der Waals surface area contributed by atoms with Crippen molar-refractivity contribution in [2.45, 2.75) is 18.1 Å². The molecule has 6 heterocycles. The number of esters is 2. The molecule has 5 aliphatic rings. The Morgan fingerprint density at radius 3 is 1.77 bits per heavy atom. The van der Waals surface area contributed by atoms with Gasteiger partial charge in [0.25, 0.3) is 0 Å². The molecule has 1 aromatic heterocycles. The standard InChI is InChI=1S/C53H45N5O4/c1-58-31-37(52(59)61-2)49(53(60)62-3)51(58)36-30-44-47(34-20-12-6-13-21-34)42-27-26-40(55-42)45(32-16-8-4-9-17-32)38-24-25-39(54-38)46(33-18-10-5-11-19-33)41-28-29-43(56-41)48(50(36)57-44)35-22-14-7-15-23-35/h4-30,37,42,49-51,54,57H,31H2,1-3H3/b45-38-,46-39-,47-44-,48-43-/t37-,42?,49+,50?,51+/m0/s1. The van der Waals surface area contributed by atoms with Gasteiger partial charge in [-0.25, -0.2) is 4.99 Å². The van der Waals surface area contributed by atoms with Crippen molar-refractivity contribution < 1.29 is 19.1 Å². The number of ether oxygens (including phenoxy) is 2. The van der Waals surface area contributed by atoms with Crippen LogP contribution in [0.25, 0.3) is 22.3 Å². The van der Waals surface area contributed by atoms with E-state index in [1.165, 1.54) is 14.2 Å². The molecule has 5 atom stereocenters. The average molecular weight is 816 g/mol. The number of likely N-dealkylation sites (N-methyl/N-ethyl adjacent to an activating group) is 1. The van der Waals surface area contributed by atoms with Crippen molar-refractivity contribution in [3.63, 3.8) is 0 Å². The molecule has 0 spiro atoms. The molecule has 5 aromatic rings. The van der Waals surface area contributed by atoms with Crippen molar-refractivity contribution in [1.29, 1.82) is 0 Å². The molecule has 9 nitrogen and oxygen atoms in total. The first kappa shape index (κ1) is 38.8. The molecule has 0 aliphatic carbocycles. The van der Waals surface area contributed by atoms with Crippen LogP contribution in [0, 0.1) is 11.8 Å². The number of hydrogen-bond donors (Lipinski definition) is 2. The minimum atomic E-state index is -0.833. The molecular formula is C53H45N5O4. The number of nitrogens with zero attached hydrogens (tertiary/aromatic N) is 3. The van der Waals surface area contributed by atoms with Gasteiger partial charge >= 0.3 is 11.9 Å². The molecule has 9 heteroatoms. The van der Waals surface area contributed by atoms with Crippen LogP contribution in [0.2, 0.25) is 0 Å². The average Bonchev–Trinajstić information content (AvgIpc) is 4.18. The summed E-state index contributed by atoms with van der Waals surface area (Å²) in [5.41, 5.74) is 12.1. The van der Waals surface area contributed by atoms with Gasteiger partial charge in [0.15, 0.2) is 0 Å². The van der Waals surface area contributed by atoms with E-state index in [0.717, 1.165) is 83.6 Å². The summed E-state index contributed by atoms with van der Waals surface area (Å²) >= 11 is 0. The first-order chi connectivity index (χ1) is 30.4. The molecule has 0 saturated carbocycles. The van der Waals surface area contributed by atoms with Gasteiger partial charge in [0.05, 0.1) is 55.3 Å². The van der Waals surface area contributed by atoms with Gasteiger partial charge in [0.2, 0.25) is 0 Å². The Hall–Kier alpha value is -7.36. The molecular weight excluding hydrogens is 771 g/mol. The summed E-state index contributed by atoms with van der Waals surface area (Å²) in [5, 5.41) is 5.87. The normalized spacial score (nSPS) is 27.1. The summed E-state index contributed by atoms with van der Waals surface area (Å²) in [7, 11) is 4.71. The zero-order chi connectivity index (χ0) is 42.3. The maximum absolute atomic E-state index is 14.0. The number of aromatic nitrogens is 1. The van der Waals surface area contributed by atoms with Crippen LogP contribution >= 0.6 is 0 Å². The van der Waals surface area contributed by atoms with Crippen molar-refractivity contribution in [1.82, 2.24) is 15.2 Å². The number of rotatable bonds is 7. The minimum absolute atomic E-state index is 0.315. The summed E-state index contributed by atoms with van der Waals surface area (Å²) in [6.45, 7) is 0.315. The van der Waals surface area contributed by atoms with Crippen molar-refractivity contribution in [2.24, 2.45) is 21.8 Å². The number of hydrogen-bond acceptors (Lipinski definition) is 8. The summed E-state index contributed by atoms with van der Waals surface area (Å²) in [6, 6.07) is 44.2. The fourth-order valence-electron chi connectivity index (χ4n) is 9.82. The molecule has 1 saturated heterocycles. The van der Waals surface area contributed by atoms with Gasteiger partial charge in [-0.3, -0.25) is 19.5 Å². The van der Waals surface area contributed by atoms with Crippen LogP contribution in [0.4, 0.5) is 0 Å². The number of carbonyl (C=O) groups excluding carboxylic acids is 2. The molecule has 2 N–H and O–H groups in total. The number of aliphatic imine (C=N–C) groups is 2. The minimum Gasteiger partial charge on any atom is -0.469 e. The number of carbonyl (C=O) groups is 2. The smallest absolute Gasteiger partial charge is 0.311 e. The third-order valence-electron chi connectivity index (χ3n) is 12.5. The third kappa shape index (κ3) is 6.80. The van der Waals surface area contributed by atoms with E-state index in [9.17, 15) is 9.59 Å². The van der Waals surface area contributed by atoms with Crippen molar-refractivity contribution in [3.05, 3.63) is 214 Å². The van der Waals surface area contributed by atoms with Gasteiger partial charge in [-0.2, -0.15) is 0 Å². The second-order valence-electron chi connectivity index (χ2n) is 16.1. The van der Waals surface area contributed by atoms with Crippen LogP contribution in [0.3, 0.4) is 0 Å². The first-order valence-electron chi connectivity index (χ1n) is 20.9. The number of H-pyrrole nitrogens is 1. The van der Waals surface area contributed by atoms with E-state index in [2.05, 4.69) is 118 Å². The number of aromatic amines is 1. The lowest BCUT2D eigenvalue weighted by atomic mass is 9.81. The maximum Gasteiger partial charge on any atom is 0.311 e. The zero-order valence-corrected chi connectivity index (χ0v) is 34.7. The summed E-state index contributed by atoms with van der Waals surface area (Å²) in [6.07, 6.45) is 10.6. The lowest BCUT2D eigenvalue weighted by Gasteiger charge is -2.31. The van der Waals surface area contributed by atoms with E-state index >= 15 is 0 Å². The fourth-order valence-corrected chi connectivity index (χ4v) is 9.82. The summed E-state index contributed by atoms with van der Waals surface area (Å²) < 4.78 is 10.8. The van der Waals surface area contributed by atoms with Crippen molar-refractivity contribution in [2.75, 3.05) is 27.8 Å². The highest BCUT2D eigenvalue weighted by Gasteiger charge is 2.53. The lowest BCUT2D eigenvalue weighted by molar-refractivity contribution is -0.155. The summed E-state index contributed by atoms with van der Waals surface area (Å²) in [5.74, 6) is -2.48. The van der Waals surface area contributed by atoms with Gasteiger partial charge in [-0.1, -0.05) is 127 Å². The van der Waals surface area contributed by atoms with Crippen LogP contribution in [0.1, 0.15) is 22.3 Å². The topological polar surface area (TPSA) is 108 Å². The fraction of sp³-hybridized carbons (Fsp3) is 0.170. The first-order valence-corrected chi connectivity index (χ1v) is 20.9. The molecule has 62 heavy (non-hydrogen) atoms. The molecule has 0 radical (unpaired) electrons.